The molecule has 0 unspecified atom stereocenters. The molecule has 0 saturated carbocycles. The fraction of sp³-hybridized carbons (Fsp3) is 0.667. The van der Waals surface area contributed by atoms with Crippen LogP contribution in [0.25, 0.3) is 0 Å². The van der Waals surface area contributed by atoms with Crippen molar-refractivity contribution in [3.05, 3.63) is 35.9 Å². The Morgan fingerprint density at radius 3 is 1.63 bits per heavy atom. The number of benzene rings is 1. The minimum Gasteiger partial charge on any atom is -0.0654 e. The summed E-state index contributed by atoms with van der Waals surface area (Å²) in [5.74, 6) is 0. The van der Waals surface area contributed by atoms with Gasteiger partial charge in [-0.2, -0.15) is 0 Å². The summed E-state index contributed by atoms with van der Waals surface area (Å²) in [4.78, 5) is 0. The van der Waals surface area contributed by atoms with Crippen molar-refractivity contribution in [1.82, 2.24) is 0 Å². The van der Waals surface area contributed by atoms with Crippen molar-refractivity contribution in [2.24, 2.45) is 0 Å². The van der Waals surface area contributed by atoms with E-state index < -0.39 is 0 Å². The normalized spacial score (nSPS) is 10.2. The van der Waals surface area contributed by atoms with E-state index in [1.54, 1.807) is 0 Å². The third-order valence-electron chi connectivity index (χ3n) is 3.66. The van der Waals surface area contributed by atoms with E-state index in [1.807, 2.05) is 0 Å². The molecule has 0 spiro atoms. The summed E-state index contributed by atoms with van der Waals surface area (Å²) in [5, 5.41) is 0. The first-order chi connectivity index (χ1) is 8.93. The molecule has 0 N–H and O–H groups in total. The Hall–Kier alpha value is -0.157. The summed E-state index contributed by atoms with van der Waals surface area (Å²) in [7, 11) is 0. The maximum Gasteiger partial charge on any atom is 0 e. The number of unbranched alkanes of at least 4 members (excludes halogenated alkanes) is 9. The molecular weight excluding hydrogens is 282 g/mol. The SMILES string of the molecule is CCCCCCCCCCCCc1ccccc1.[Zn]. The van der Waals surface area contributed by atoms with Crippen LogP contribution in [0.15, 0.2) is 30.3 Å². The van der Waals surface area contributed by atoms with Gasteiger partial charge in [0.1, 0.15) is 0 Å². The van der Waals surface area contributed by atoms with Gasteiger partial charge in [0.25, 0.3) is 0 Å². The molecule has 0 nitrogen and oxygen atoms in total. The van der Waals surface area contributed by atoms with E-state index in [-0.39, 0.29) is 19.5 Å². The van der Waals surface area contributed by atoms with Crippen LogP contribution in [0.2, 0.25) is 0 Å². The van der Waals surface area contributed by atoms with Crippen LogP contribution in [0.3, 0.4) is 0 Å². The minimum atomic E-state index is 0. The van der Waals surface area contributed by atoms with Crippen molar-refractivity contribution >= 4 is 0 Å². The molecule has 0 aliphatic carbocycles. The number of hydrogen-bond acceptors (Lipinski definition) is 0. The van der Waals surface area contributed by atoms with E-state index in [0.717, 1.165) is 0 Å². The summed E-state index contributed by atoms with van der Waals surface area (Å²) in [6.07, 6.45) is 15.5. The first-order valence-electron chi connectivity index (χ1n) is 7.97. The third kappa shape index (κ3) is 11.4. The number of aryl methyl sites for hydroxylation is 1. The third-order valence-corrected chi connectivity index (χ3v) is 3.66. The van der Waals surface area contributed by atoms with Gasteiger partial charge in [0.15, 0.2) is 0 Å². The van der Waals surface area contributed by atoms with E-state index >= 15 is 0 Å². The minimum absolute atomic E-state index is 0. The molecule has 1 rings (SSSR count). The van der Waals surface area contributed by atoms with Crippen molar-refractivity contribution in [3.63, 3.8) is 0 Å². The Morgan fingerprint density at radius 2 is 1.11 bits per heavy atom. The second-order valence-electron chi connectivity index (χ2n) is 5.42. The van der Waals surface area contributed by atoms with Gasteiger partial charge in [-0.15, -0.1) is 0 Å². The first-order valence-corrected chi connectivity index (χ1v) is 7.97. The van der Waals surface area contributed by atoms with E-state index in [9.17, 15) is 0 Å². The van der Waals surface area contributed by atoms with Crippen LogP contribution >= 0.6 is 0 Å². The van der Waals surface area contributed by atoms with Crippen LogP contribution in [0.5, 0.6) is 0 Å². The second kappa shape index (κ2) is 14.3. The molecule has 0 bridgehead atoms. The van der Waals surface area contributed by atoms with Gasteiger partial charge < -0.3 is 0 Å². The monoisotopic (exact) mass is 310 g/mol. The maximum absolute atomic E-state index is 2.28. The fourth-order valence-corrected chi connectivity index (χ4v) is 2.46. The largest absolute Gasteiger partial charge is 0.0654 e. The molecule has 1 heteroatoms. The van der Waals surface area contributed by atoms with Gasteiger partial charge in [-0.3, -0.25) is 0 Å². The van der Waals surface area contributed by atoms with E-state index in [0.29, 0.717) is 0 Å². The molecule has 19 heavy (non-hydrogen) atoms. The zero-order valence-corrected chi connectivity index (χ0v) is 15.8. The summed E-state index contributed by atoms with van der Waals surface area (Å²) in [5.41, 5.74) is 1.50. The Kier molecular flexibility index (Phi) is 14.1. The molecular formula is C18H30Zn. The standard InChI is InChI=1S/C18H30.Zn/c1-2-3-4-5-6-7-8-9-10-12-15-18-16-13-11-14-17-18;/h11,13-14,16-17H,2-10,12,15H2,1H3;. The summed E-state index contributed by atoms with van der Waals surface area (Å²) in [6.45, 7) is 2.28. The molecule has 0 radical (unpaired) electrons. The molecule has 0 fully saturated rings. The molecule has 0 aliphatic heterocycles. The molecule has 0 amide bonds. The van der Waals surface area contributed by atoms with Gasteiger partial charge in [-0.25, -0.2) is 0 Å². The molecule has 0 aliphatic rings. The van der Waals surface area contributed by atoms with Crippen LogP contribution < -0.4 is 0 Å². The average molecular weight is 312 g/mol. The van der Waals surface area contributed by atoms with E-state index in [4.69, 9.17) is 0 Å². The topological polar surface area (TPSA) is 0 Å². The second-order valence-corrected chi connectivity index (χ2v) is 5.42. The molecule has 1 aromatic rings. The Morgan fingerprint density at radius 1 is 0.632 bits per heavy atom. The van der Waals surface area contributed by atoms with Gasteiger partial charge in [0, 0.05) is 19.5 Å². The molecule has 1 aromatic carbocycles. The van der Waals surface area contributed by atoms with Crippen molar-refractivity contribution in [2.75, 3.05) is 0 Å². The smallest absolute Gasteiger partial charge is 0 e. The average Bonchev–Trinajstić information content (AvgIpc) is 2.42. The van der Waals surface area contributed by atoms with Crippen molar-refractivity contribution in [1.29, 1.82) is 0 Å². The van der Waals surface area contributed by atoms with Crippen molar-refractivity contribution < 1.29 is 19.5 Å². The first kappa shape index (κ1) is 18.8. The Balaban J connectivity index is 0.00000324. The van der Waals surface area contributed by atoms with Crippen LogP contribution in [-0.2, 0) is 25.9 Å². The van der Waals surface area contributed by atoms with Crippen LogP contribution in [-0.4, -0.2) is 0 Å². The summed E-state index contributed by atoms with van der Waals surface area (Å²) < 4.78 is 0. The predicted molar refractivity (Wildman–Crippen MR) is 82.0 cm³/mol. The van der Waals surface area contributed by atoms with E-state index in [1.165, 1.54) is 76.2 Å². The van der Waals surface area contributed by atoms with Crippen LogP contribution in [0, 0.1) is 0 Å². The Labute approximate surface area is 133 Å². The van der Waals surface area contributed by atoms with Gasteiger partial charge in [-0.1, -0.05) is 95.0 Å². The van der Waals surface area contributed by atoms with Crippen LogP contribution in [0.1, 0.15) is 76.7 Å². The van der Waals surface area contributed by atoms with Crippen LogP contribution in [0.4, 0.5) is 0 Å². The molecule has 0 heterocycles. The molecule has 0 aromatic heterocycles. The van der Waals surface area contributed by atoms with Gasteiger partial charge >= 0.3 is 0 Å². The van der Waals surface area contributed by atoms with Crippen molar-refractivity contribution in [2.45, 2.75) is 77.6 Å². The summed E-state index contributed by atoms with van der Waals surface area (Å²) in [6, 6.07) is 10.9. The maximum atomic E-state index is 2.28. The number of hydrogen-bond donors (Lipinski definition) is 0. The fourth-order valence-electron chi connectivity index (χ4n) is 2.46. The van der Waals surface area contributed by atoms with E-state index in [2.05, 4.69) is 37.3 Å². The van der Waals surface area contributed by atoms with Gasteiger partial charge in [0.05, 0.1) is 0 Å². The summed E-state index contributed by atoms with van der Waals surface area (Å²) >= 11 is 0. The van der Waals surface area contributed by atoms with Gasteiger partial charge in [0.2, 0.25) is 0 Å². The predicted octanol–water partition coefficient (Wildman–Crippen LogP) is 6.15. The van der Waals surface area contributed by atoms with Gasteiger partial charge in [-0.05, 0) is 18.4 Å². The Bertz CT molecular complexity index is 268. The zero-order valence-electron chi connectivity index (χ0n) is 12.9. The van der Waals surface area contributed by atoms with Crippen molar-refractivity contribution in [3.8, 4) is 0 Å². The molecule has 104 valence electrons. The quantitative estimate of drug-likeness (QED) is 0.340. The zero-order chi connectivity index (χ0) is 12.9. The number of rotatable bonds is 11. The molecule has 0 atom stereocenters. The molecule has 0 saturated heterocycles.